The fourth-order valence-corrected chi connectivity index (χ4v) is 6.65. The van der Waals surface area contributed by atoms with Crippen LogP contribution < -0.4 is 5.32 Å². The smallest absolute Gasteiger partial charge is 0.312 e. The molecule has 0 aliphatic heterocycles. The normalized spacial score (nSPS) is 29.3. The minimum absolute atomic E-state index is 0.0238. The van der Waals surface area contributed by atoms with Gasteiger partial charge in [0.25, 0.3) is 5.91 Å². The lowest BCUT2D eigenvalue weighted by atomic mass is 9.49. The summed E-state index contributed by atoms with van der Waals surface area (Å²) in [5.74, 6) is 2.43. The summed E-state index contributed by atoms with van der Waals surface area (Å²) in [7, 11) is 0. The minimum Gasteiger partial charge on any atom is -0.350 e. The van der Waals surface area contributed by atoms with Crippen molar-refractivity contribution in [2.24, 2.45) is 23.2 Å². The van der Waals surface area contributed by atoms with Crippen LogP contribution in [-0.4, -0.2) is 36.9 Å². The number of carbonyl (C=O) groups excluding carboxylic acids is 1. The summed E-state index contributed by atoms with van der Waals surface area (Å²) in [4.78, 5) is 23.5. The van der Waals surface area contributed by atoms with Crippen molar-refractivity contribution in [3.8, 4) is 0 Å². The van der Waals surface area contributed by atoms with Gasteiger partial charge in [0.1, 0.15) is 23.8 Å². The van der Waals surface area contributed by atoms with E-state index in [2.05, 4.69) is 15.5 Å². The number of hydrogen-bond donors (Lipinski definition) is 1. The molecule has 0 spiro atoms. The SMILES string of the molecule is Cc1nn(Cn2ccc(C(=O)NCC34CC5CC(CC(C5)C3)C4)n2)c(C)c1[N+](=O)[O-]. The van der Waals surface area contributed by atoms with Gasteiger partial charge in [-0.2, -0.15) is 10.2 Å². The molecule has 0 radical (unpaired) electrons. The van der Waals surface area contributed by atoms with Crippen LogP contribution in [-0.2, 0) is 6.67 Å². The molecule has 4 bridgehead atoms. The van der Waals surface area contributed by atoms with Crippen LogP contribution in [0.25, 0.3) is 0 Å². The van der Waals surface area contributed by atoms with Crippen LogP contribution in [0.15, 0.2) is 12.3 Å². The second-order valence-electron chi connectivity index (χ2n) is 9.76. The second kappa shape index (κ2) is 6.92. The molecular formula is C21H28N6O3. The Labute approximate surface area is 175 Å². The molecule has 0 unspecified atom stereocenters. The van der Waals surface area contributed by atoms with E-state index in [1.165, 1.54) is 43.2 Å². The molecule has 30 heavy (non-hydrogen) atoms. The third kappa shape index (κ3) is 3.30. The lowest BCUT2D eigenvalue weighted by Crippen LogP contribution is -2.51. The van der Waals surface area contributed by atoms with Gasteiger partial charge in [0.15, 0.2) is 0 Å². The molecule has 0 atom stereocenters. The summed E-state index contributed by atoms with van der Waals surface area (Å²) < 4.78 is 3.13. The van der Waals surface area contributed by atoms with E-state index < -0.39 is 4.92 Å². The predicted octanol–water partition coefficient (Wildman–Crippen LogP) is 3.06. The third-order valence-electron chi connectivity index (χ3n) is 7.47. The monoisotopic (exact) mass is 412 g/mol. The van der Waals surface area contributed by atoms with E-state index >= 15 is 0 Å². The van der Waals surface area contributed by atoms with Crippen molar-refractivity contribution in [2.75, 3.05) is 6.54 Å². The second-order valence-corrected chi connectivity index (χ2v) is 9.76. The van der Waals surface area contributed by atoms with Gasteiger partial charge in [0.05, 0.1) is 4.92 Å². The third-order valence-corrected chi connectivity index (χ3v) is 7.47. The molecule has 4 aliphatic carbocycles. The first-order chi connectivity index (χ1) is 14.3. The summed E-state index contributed by atoms with van der Waals surface area (Å²) in [5.41, 5.74) is 1.53. The van der Waals surface area contributed by atoms with Crippen LogP contribution in [0.1, 0.15) is 60.4 Å². The average Bonchev–Trinajstić information content (AvgIpc) is 3.23. The van der Waals surface area contributed by atoms with Gasteiger partial charge in [-0.1, -0.05) is 0 Å². The van der Waals surface area contributed by atoms with Crippen LogP contribution in [0, 0.1) is 47.1 Å². The fourth-order valence-electron chi connectivity index (χ4n) is 6.65. The van der Waals surface area contributed by atoms with E-state index in [9.17, 15) is 14.9 Å². The Morgan fingerprint density at radius 3 is 2.40 bits per heavy atom. The molecule has 0 aromatic carbocycles. The summed E-state index contributed by atoms with van der Waals surface area (Å²) in [5, 5.41) is 22.9. The Balaban J connectivity index is 1.23. The fraction of sp³-hybridized carbons (Fsp3) is 0.667. The zero-order chi connectivity index (χ0) is 21.0. The van der Waals surface area contributed by atoms with E-state index in [0.29, 0.717) is 17.1 Å². The predicted molar refractivity (Wildman–Crippen MR) is 109 cm³/mol. The van der Waals surface area contributed by atoms with Crippen LogP contribution in [0.5, 0.6) is 0 Å². The summed E-state index contributed by atoms with van der Waals surface area (Å²) in [6.45, 7) is 4.25. The number of aromatic nitrogens is 4. The van der Waals surface area contributed by atoms with Crippen molar-refractivity contribution in [1.29, 1.82) is 0 Å². The highest BCUT2D eigenvalue weighted by Crippen LogP contribution is 2.59. The molecule has 160 valence electrons. The standard InChI is InChI=1S/C21H28N6O3/c1-13-19(27(29)30)14(2)26(23-13)12-25-4-3-18(24-25)20(28)22-11-21-8-15-5-16(9-21)7-17(6-15)10-21/h3-4,15-17H,5-12H2,1-2H3,(H,22,28). The highest BCUT2D eigenvalue weighted by molar-refractivity contribution is 5.92. The molecule has 4 fully saturated rings. The van der Waals surface area contributed by atoms with Crippen LogP contribution in [0.2, 0.25) is 0 Å². The number of nitrogens with one attached hydrogen (secondary N) is 1. The van der Waals surface area contributed by atoms with Gasteiger partial charge in [-0.3, -0.25) is 19.6 Å². The zero-order valence-electron chi connectivity index (χ0n) is 17.5. The zero-order valence-corrected chi connectivity index (χ0v) is 17.5. The lowest BCUT2D eigenvalue weighted by molar-refractivity contribution is -0.386. The Morgan fingerprint density at radius 1 is 1.20 bits per heavy atom. The Kier molecular flexibility index (Phi) is 4.44. The van der Waals surface area contributed by atoms with Gasteiger partial charge in [-0.25, -0.2) is 4.68 Å². The number of nitro groups is 1. The van der Waals surface area contributed by atoms with Crippen molar-refractivity contribution in [3.63, 3.8) is 0 Å². The highest BCUT2D eigenvalue weighted by Gasteiger charge is 2.50. The molecule has 0 saturated heterocycles. The Bertz CT molecular complexity index is 971. The van der Waals surface area contributed by atoms with Gasteiger partial charge >= 0.3 is 5.69 Å². The molecule has 2 aromatic rings. The Morgan fingerprint density at radius 2 is 1.83 bits per heavy atom. The van der Waals surface area contributed by atoms with Crippen LogP contribution >= 0.6 is 0 Å². The van der Waals surface area contributed by atoms with Gasteiger partial charge < -0.3 is 5.32 Å². The van der Waals surface area contributed by atoms with Crippen LogP contribution in [0.3, 0.4) is 0 Å². The first kappa shape index (κ1) is 19.3. The quantitative estimate of drug-likeness (QED) is 0.579. The maximum atomic E-state index is 12.7. The van der Waals surface area contributed by atoms with E-state index in [1.807, 2.05) is 0 Å². The van der Waals surface area contributed by atoms with E-state index in [1.54, 1.807) is 30.8 Å². The molecule has 4 saturated carbocycles. The number of amides is 1. The number of carbonyl (C=O) groups is 1. The van der Waals surface area contributed by atoms with Crippen LogP contribution in [0.4, 0.5) is 5.69 Å². The van der Waals surface area contributed by atoms with Gasteiger partial charge in [0.2, 0.25) is 0 Å². The summed E-state index contributed by atoms with van der Waals surface area (Å²) >= 11 is 0. The first-order valence-electron chi connectivity index (χ1n) is 10.8. The van der Waals surface area contributed by atoms with Crippen molar-refractivity contribution >= 4 is 11.6 Å². The van der Waals surface area contributed by atoms with Gasteiger partial charge in [0, 0.05) is 12.7 Å². The molecule has 6 rings (SSSR count). The minimum atomic E-state index is -0.416. The molecule has 1 amide bonds. The Hall–Kier alpha value is -2.71. The first-order valence-corrected chi connectivity index (χ1v) is 10.8. The van der Waals surface area contributed by atoms with Gasteiger partial charge in [-0.05, 0) is 81.6 Å². The molecular weight excluding hydrogens is 384 g/mol. The largest absolute Gasteiger partial charge is 0.350 e. The maximum Gasteiger partial charge on any atom is 0.312 e. The van der Waals surface area contributed by atoms with Crippen molar-refractivity contribution < 1.29 is 9.72 Å². The molecule has 9 heteroatoms. The molecule has 2 heterocycles. The number of aryl methyl sites for hydroxylation is 1. The summed E-state index contributed by atoms with van der Waals surface area (Å²) in [6, 6.07) is 1.69. The number of nitrogens with zero attached hydrogens (tertiary/aromatic N) is 5. The molecule has 9 nitrogen and oxygen atoms in total. The van der Waals surface area contributed by atoms with Crippen molar-refractivity contribution in [2.45, 2.75) is 59.0 Å². The molecule has 1 N–H and O–H groups in total. The van der Waals surface area contributed by atoms with E-state index in [0.717, 1.165) is 24.3 Å². The topological polar surface area (TPSA) is 108 Å². The lowest BCUT2D eigenvalue weighted by Gasteiger charge is -2.56. The number of rotatable bonds is 6. The average molecular weight is 412 g/mol. The molecule has 2 aromatic heterocycles. The summed E-state index contributed by atoms with van der Waals surface area (Å²) in [6.07, 6.45) is 9.65. The van der Waals surface area contributed by atoms with E-state index in [4.69, 9.17) is 0 Å². The van der Waals surface area contributed by atoms with Crippen molar-refractivity contribution in [1.82, 2.24) is 24.9 Å². The van der Waals surface area contributed by atoms with Crippen molar-refractivity contribution in [3.05, 3.63) is 39.5 Å². The van der Waals surface area contributed by atoms with E-state index in [-0.39, 0.29) is 23.7 Å². The number of hydrogen-bond acceptors (Lipinski definition) is 5. The highest BCUT2D eigenvalue weighted by atomic mass is 16.6. The maximum absolute atomic E-state index is 12.7. The van der Waals surface area contributed by atoms with Gasteiger partial charge in [-0.15, -0.1) is 0 Å². The molecule has 4 aliphatic rings.